The molecule has 1 aliphatic rings. The normalized spacial score (nSPS) is 15.1. The van der Waals surface area contributed by atoms with Gasteiger partial charge in [-0.15, -0.1) is 0 Å². The predicted molar refractivity (Wildman–Crippen MR) is 112 cm³/mol. The van der Waals surface area contributed by atoms with Crippen LogP contribution in [0.2, 0.25) is 5.02 Å². The second-order valence-corrected chi connectivity index (χ2v) is 9.30. The van der Waals surface area contributed by atoms with E-state index in [-0.39, 0.29) is 15.5 Å². The fourth-order valence-electron chi connectivity index (χ4n) is 3.43. The van der Waals surface area contributed by atoms with E-state index in [1.54, 1.807) is 0 Å². The van der Waals surface area contributed by atoms with Crippen LogP contribution in [0.1, 0.15) is 29.0 Å². The first-order valence-electron chi connectivity index (χ1n) is 9.47. The maximum Gasteiger partial charge on any atom is 0.252 e. The Hall–Kier alpha value is -2.42. The Labute approximate surface area is 174 Å². The number of nitrogens with zero attached hydrogens (tertiary/aromatic N) is 2. The maximum absolute atomic E-state index is 12.7. The summed E-state index contributed by atoms with van der Waals surface area (Å²) in [5, 5.41) is 3.00. The topological polar surface area (TPSA) is 95.2 Å². The number of benzene rings is 2. The van der Waals surface area contributed by atoms with Gasteiger partial charge in [-0.05, 0) is 43.2 Å². The first-order chi connectivity index (χ1) is 13.9. The minimum Gasteiger partial charge on any atom is -0.352 e. The van der Waals surface area contributed by atoms with Gasteiger partial charge in [0.05, 0.1) is 26.5 Å². The number of aromatic nitrogens is 2. The summed E-state index contributed by atoms with van der Waals surface area (Å²) >= 11 is 6.16. The number of fused-ring (bicyclic) bond motifs is 1. The third kappa shape index (κ3) is 4.14. The highest BCUT2D eigenvalue weighted by Crippen LogP contribution is 2.25. The summed E-state index contributed by atoms with van der Waals surface area (Å²) in [7, 11) is -3.61. The molecule has 2 N–H and O–H groups in total. The van der Waals surface area contributed by atoms with Gasteiger partial charge in [-0.3, -0.25) is 4.79 Å². The van der Waals surface area contributed by atoms with E-state index < -0.39 is 15.9 Å². The van der Waals surface area contributed by atoms with Crippen molar-refractivity contribution in [2.24, 2.45) is 0 Å². The molecular formula is C20H21ClN4O3S. The Balaban J connectivity index is 1.45. The number of halogens is 1. The van der Waals surface area contributed by atoms with Gasteiger partial charge in [0.2, 0.25) is 10.0 Å². The molecule has 1 aliphatic heterocycles. The Bertz CT molecular complexity index is 1120. The molecule has 1 fully saturated rings. The van der Waals surface area contributed by atoms with Crippen molar-refractivity contribution >= 4 is 38.6 Å². The number of carbonyl (C=O) groups excluding carboxylic acids is 1. The van der Waals surface area contributed by atoms with Gasteiger partial charge in [-0.2, -0.15) is 4.31 Å². The average Bonchev–Trinajstić information content (AvgIpc) is 3.38. The van der Waals surface area contributed by atoms with Crippen molar-refractivity contribution in [1.82, 2.24) is 19.6 Å². The molecule has 0 unspecified atom stereocenters. The van der Waals surface area contributed by atoms with Crippen LogP contribution in [0.5, 0.6) is 0 Å². The van der Waals surface area contributed by atoms with Gasteiger partial charge >= 0.3 is 0 Å². The Morgan fingerprint density at radius 3 is 2.69 bits per heavy atom. The number of imidazole rings is 1. The molecule has 0 aliphatic carbocycles. The number of aromatic amines is 1. The minimum atomic E-state index is -3.61. The van der Waals surface area contributed by atoms with Crippen LogP contribution in [0.15, 0.2) is 47.4 Å². The zero-order valence-electron chi connectivity index (χ0n) is 15.7. The molecule has 1 saturated heterocycles. The second-order valence-electron chi connectivity index (χ2n) is 6.96. The lowest BCUT2D eigenvalue weighted by atomic mass is 10.2. The second kappa shape index (κ2) is 8.14. The lowest BCUT2D eigenvalue weighted by Gasteiger charge is -2.16. The minimum absolute atomic E-state index is 0.0891. The molecule has 0 spiro atoms. The third-order valence-corrected chi connectivity index (χ3v) is 7.20. The van der Waals surface area contributed by atoms with Gasteiger partial charge in [0.15, 0.2) is 0 Å². The number of nitrogens with one attached hydrogen (secondary N) is 2. The van der Waals surface area contributed by atoms with Crippen molar-refractivity contribution in [1.29, 1.82) is 0 Å². The van der Waals surface area contributed by atoms with Crippen molar-refractivity contribution < 1.29 is 13.2 Å². The maximum atomic E-state index is 12.7. The van der Waals surface area contributed by atoms with E-state index in [4.69, 9.17) is 11.6 Å². The summed E-state index contributed by atoms with van der Waals surface area (Å²) in [6, 6.07) is 12.0. The quantitative estimate of drug-likeness (QED) is 0.626. The number of amides is 1. The Kier molecular flexibility index (Phi) is 5.58. The molecule has 29 heavy (non-hydrogen) atoms. The summed E-state index contributed by atoms with van der Waals surface area (Å²) < 4.78 is 26.9. The molecule has 3 aromatic rings. The summed E-state index contributed by atoms with van der Waals surface area (Å²) in [6.07, 6.45) is 2.22. The molecule has 2 heterocycles. The summed E-state index contributed by atoms with van der Waals surface area (Å²) in [5.41, 5.74) is 1.96. The van der Waals surface area contributed by atoms with Gasteiger partial charge < -0.3 is 10.3 Å². The van der Waals surface area contributed by atoms with E-state index in [9.17, 15) is 13.2 Å². The number of rotatable bonds is 6. The highest BCUT2D eigenvalue weighted by molar-refractivity contribution is 7.89. The van der Waals surface area contributed by atoms with Crippen LogP contribution in [0.25, 0.3) is 11.0 Å². The van der Waals surface area contributed by atoms with E-state index in [0.29, 0.717) is 26.1 Å². The van der Waals surface area contributed by atoms with Gasteiger partial charge in [-0.1, -0.05) is 23.7 Å². The zero-order valence-corrected chi connectivity index (χ0v) is 17.3. The molecule has 7 nitrogen and oxygen atoms in total. The first kappa shape index (κ1) is 19.9. The van der Waals surface area contributed by atoms with E-state index >= 15 is 0 Å². The third-order valence-electron chi connectivity index (χ3n) is 4.97. The first-order valence-corrected chi connectivity index (χ1v) is 11.3. The van der Waals surface area contributed by atoms with E-state index in [0.717, 1.165) is 29.7 Å². The SMILES string of the molecule is O=C(NCCc1nc2ccccc2[nH]1)c1cc(S(=O)(=O)N2CCCC2)ccc1Cl. The number of sulfonamides is 1. The molecule has 152 valence electrons. The Morgan fingerprint density at radius 2 is 1.93 bits per heavy atom. The molecule has 4 rings (SSSR count). The summed E-state index contributed by atoms with van der Waals surface area (Å²) in [6.45, 7) is 1.35. The number of hydrogen-bond acceptors (Lipinski definition) is 4. The molecule has 1 amide bonds. The fourth-order valence-corrected chi connectivity index (χ4v) is 5.18. The Morgan fingerprint density at radius 1 is 1.17 bits per heavy atom. The molecule has 0 saturated carbocycles. The molecule has 0 atom stereocenters. The van der Waals surface area contributed by atoms with Crippen LogP contribution < -0.4 is 5.32 Å². The summed E-state index contributed by atoms with van der Waals surface area (Å²) in [4.78, 5) is 20.4. The number of para-hydroxylation sites is 2. The van der Waals surface area contributed by atoms with Gasteiger partial charge in [0.25, 0.3) is 5.91 Å². The lowest BCUT2D eigenvalue weighted by Crippen LogP contribution is -2.29. The standard InChI is InChI=1S/C20H21ClN4O3S/c21-16-8-7-14(29(27,28)25-11-3-4-12-25)13-15(16)20(26)22-10-9-19-23-17-5-1-2-6-18(17)24-19/h1-2,5-8,13H,3-4,9-12H2,(H,22,26)(H,23,24). The molecular weight excluding hydrogens is 412 g/mol. The van der Waals surface area contributed by atoms with E-state index in [1.807, 2.05) is 24.3 Å². The summed E-state index contributed by atoms with van der Waals surface area (Å²) in [5.74, 6) is 0.354. The number of H-pyrrole nitrogens is 1. The van der Waals surface area contributed by atoms with E-state index in [1.165, 1.54) is 22.5 Å². The molecule has 0 bridgehead atoms. The smallest absolute Gasteiger partial charge is 0.252 e. The van der Waals surface area contributed by atoms with Crippen molar-refractivity contribution in [3.8, 4) is 0 Å². The molecule has 2 aromatic carbocycles. The average molecular weight is 433 g/mol. The molecule has 1 aromatic heterocycles. The fraction of sp³-hybridized carbons (Fsp3) is 0.300. The van der Waals surface area contributed by atoms with E-state index in [2.05, 4.69) is 15.3 Å². The highest BCUT2D eigenvalue weighted by Gasteiger charge is 2.28. The van der Waals surface area contributed by atoms with Crippen LogP contribution in [-0.4, -0.2) is 48.2 Å². The number of carbonyl (C=O) groups is 1. The number of hydrogen-bond donors (Lipinski definition) is 2. The van der Waals surface area contributed by atoms with Crippen molar-refractivity contribution in [2.45, 2.75) is 24.2 Å². The van der Waals surface area contributed by atoms with Crippen LogP contribution in [0, 0.1) is 0 Å². The predicted octanol–water partition coefficient (Wildman–Crippen LogP) is 2.97. The van der Waals surface area contributed by atoms with Crippen molar-refractivity contribution in [3.05, 3.63) is 58.9 Å². The van der Waals surface area contributed by atoms with Crippen molar-refractivity contribution in [2.75, 3.05) is 19.6 Å². The van der Waals surface area contributed by atoms with Crippen LogP contribution in [-0.2, 0) is 16.4 Å². The van der Waals surface area contributed by atoms with Gasteiger partial charge in [0.1, 0.15) is 5.82 Å². The largest absolute Gasteiger partial charge is 0.352 e. The lowest BCUT2D eigenvalue weighted by molar-refractivity contribution is 0.0954. The van der Waals surface area contributed by atoms with Crippen molar-refractivity contribution in [3.63, 3.8) is 0 Å². The molecule has 0 radical (unpaired) electrons. The van der Waals surface area contributed by atoms with Crippen LogP contribution in [0.3, 0.4) is 0 Å². The van der Waals surface area contributed by atoms with Crippen LogP contribution >= 0.6 is 11.6 Å². The van der Waals surface area contributed by atoms with Crippen LogP contribution in [0.4, 0.5) is 0 Å². The van der Waals surface area contributed by atoms with Gasteiger partial charge in [-0.25, -0.2) is 13.4 Å². The highest BCUT2D eigenvalue weighted by atomic mass is 35.5. The monoisotopic (exact) mass is 432 g/mol. The van der Waals surface area contributed by atoms with Gasteiger partial charge in [0, 0.05) is 26.1 Å². The zero-order chi connectivity index (χ0) is 20.4. The molecule has 9 heteroatoms.